The van der Waals surface area contributed by atoms with Gasteiger partial charge in [0, 0.05) is 26.1 Å². The maximum atomic E-state index is 12.5. The van der Waals surface area contributed by atoms with Crippen LogP contribution in [0.2, 0.25) is 5.02 Å². The number of nitrogens with one attached hydrogen (secondary N) is 3. The molecule has 3 amide bonds. The molecule has 0 radical (unpaired) electrons. The summed E-state index contributed by atoms with van der Waals surface area (Å²) in [5.41, 5.74) is 10.4. The monoisotopic (exact) mass is 399 g/mol. The number of likely N-dealkylation sites (N-methyl/N-ethyl adjacent to an activating group) is 1. The van der Waals surface area contributed by atoms with Crippen LogP contribution in [0.1, 0.15) is 31.1 Å². The van der Waals surface area contributed by atoms with Gasteiger partial charge in [-0.2, -0.15) is 0 Å². The number of halogens is 1. The number of amides is 3. The Morgan fingerprint density at radius 3 is 2.44 bits per heavy atom. The summed E-state index contributed by atoms with van der Waals surface area (Å²) in [6.07, 6.45) is 0. The molecule has 150 valence electrons. The van der Waals surface area contributed by atoms with Crippen molar-refractivity contribution in [1.29, 1.82) is 0 Å². The highest BCUT2D eigenvalue weighted by Crippen LogP contribution is 2.29. The molecule has 0 aliphatic carbocycles. The Bertz CT molecular complexity index is 680. The van der Waals surface area contributed by atoms with Gasteiger partial charge in [0.15, 0.2) is 6.61 Å². The molecule has 0 bridgehead atoms. The Kier molecular flexibility index (Phi) is 9.38. The summed E-state index contributed by atoms with van der Waals surface area (Å²) < 4.78 is 5.38. The van der Waals surface area contributed by atoms with Gasteiger partial charge in [0.1, 0.15) is 5.75 Å². The maximum absolute atomic E-state index is 12.5. The van der Waals surface area contributed by atoms with Gasteiger partial charge >= 0.3 is 0 Å². The summed E-state index contributed by atoms with van der Waals surface area (Å²) in [6, 6.07) is 2.78. The van der Waals surface area contributed by atoms with Crippen molar-refractivity contribution in [2.45, 2.75) is 20.8 Å². The van der Waals surface area contributed by atoms with Crippen molar-refractivity contribution in [1.82, 2.24) is 21.1 Å². The largest absolute Gasteiger partial charge is 0.483 e. The first kappa shape index (κ1) is 22.5. The molecule has 1 rings (SSSR count). The van der Waals surface area contributed by atoms with E-state index in [4.69, 9.17) is 22.1 Å². The molecule has 0 saturated carbocycles. The van der Waals surface area contributed by atoms with E-state index in [-0.39, 0.29) is 27.9 Å². The van der Waals surface area contributed by atoms with E-state index in [0.717, 1.165) is 13.1 Å². The zero-order valence-electron chi connectivity index (χ0n) is 15.7. The van der Waals surface area contributed by atoms with Gasteiger partial charge in [0.05, 0.1) is 16.3 Å². The third-order valence-electron chi connectivity index (χ3n) is 3.69. The number of anilines is 1. The second-order valence-corrected chi connectivity index (χ2v) is 6.08. The van der Waals surface area contributed by atoms with Crippen LogP contribution < -0.4 is 26.6 Å². The van der Waals surface area contributed by atoms with Crippen LogP contribution in [0.15, 0.2) is 12.1 Å². The lowest BCUT2D eigenvalue weighted by molar-refractivity contribution is -0.129. The zero-order chi connectivity index (χ0) is 20.4. The van der Waals surface area contributed by atoms with Crippen molar-refractivity contribution in [2.75, 3.05) is 38.5 Å². The highest BCUT2D eigenvalue weighted by molar-refractivity contribution is 6.33. The molecule has 0 aliphatic heterocycles. The Balaban J connectivity index is 2.77. The lowest BCUT2D eigenvalue weighted by Gasteiger charge is -2.18. The molecule has 10 heteroatoms. The standard InChI is InChI=1S/C17H26ClN5O4/c1-4-23(5-2)7-6-20-17(26)12-8-13(18)14(19)9-15(12)27-10-16(25)22-21-11(3)24/h8-9H,4-7,10,19H2,1-3H3,(H,20,26)(H,21,24)(H,22,25). The quantitative estimate of drug-likeness (QED) is 0.354. The molecule has 0 fully saturated rings. The van der Waals surface area contributed by atoms with Crippen molar-refractivity contribution in [3.8, 4) is 5.75 Å². The van der Waals surface area contributed by atoms with Gasteiger partial charge in [-0.1, -0.05) is 25.4 Å². The normalized spacial score (nSPS) is 10.4. The minimum Gasteiger partial charge on any atom is -0.483 e. The SMILES string of the molecule is CCN(CC)CCNC(=O)c1cc(Cl)c(N)cc1OCC(=O)NNC(C)=O. The average molecular weight is 400 g/mol. The van der Waals surface area contributed by atoms with E-state index >= 15 is 0 Å². The van der Waals surface area contributed by atoms with Crippen LogP contribution in [0.25, 0.3) is 0 Å². The molecule has 1 aromatic carbocycles. The second-order valence-electron chi connectivity index (χ2n) is 5.67. The summed E-state index contributed by atoms with van der Waals surface area (Å²) in [4.78, 5) is 37.1. The summed E-state index contributed by atoms with van der Waals surface area (Å²) in [5, 5.41) is 3.00. The number of carbonyl (C=O) groups excluding carboxylic acids is 3. The summed E-state index contributed by atoms with van der Waals surface area (Å²) in [6.45, 7) is 7.85. The van der Waals surface area contributed by atoms with E-state index in [1.807, 2.05) is 13.8 Å². The number of nitrogen functional groups attached to an aromatic ring is 1. The number of ether oxygens (including phenoxy) is 1. The number of nitrogens with zero attached hydrogens (tertiary/aromatic N) is 1. The first-order valence-corrected chi connectivity index (χ1v) is 8.94. The molecule has 0 heterocycles. The fourth-order valence-electron chi connectivity index (χ4n) is 2.17. The first-order chi connectivity index (χ1) is 12.8. The molecule has 0 aliphatic rings. The van der Waals surface area contributed by atoms with Crippen molar-refractivity contribution in [3.05, 3.63) is 22.7 Å². The smallest absolute Gasteiger partial charge is 0.276 e. The first-order valence-electron chi connectivity index (χ1n) is 8.56. The molecular weight excluding hydrogens is 374 g/mol. The topological polar surface area (TPSA) is 126 Å². The van der Waals surface area contributed by atoms with E-state index in [2.05, 4.69) is 21.1 Å². The fraction of sp³-hybridized carbons (Fsp3) is 0.471. The Morgan fingerprint density at radius 2 is 1.85 bits per heavy atom. The molecule has 5 N–H and O–H groups in total. The lowest BCUT2D eigenvalue weighted by atomic mass is 10.1. The number of carbonyl (C=O) groups is 3. The predicted molar refractivity (Wildman–Crippen MR) is 103 cm³/mol. The molecule has 9 nitrogen and oxygen atoms in total. The average Bonchev–Trinajstić information content (AvgIpc) is 2.63. The number of hydrogen-bond acceptors (Lipinski definition) is 6. The van der Waals surface area contributed by atoms with Gasteiger partial charge in [0.25, 0.3) is 11.8 Å². The number of rotatable bonds is 9. The van der Waals surface area contributed by atoms with Gasteiger partial charge in [-0.3, -0.25) is 25.2 Å². The zero-order valence-corrected chi connectivity index (χ0v) is 16.5. The van der Waals surface area contributed by atoms with E-state index in [0.29, 0.717) is 13.1 Å². The van der Waals surface area contributed by atoms with Crippen molar-refractivity contribution in [3.63, 3.8) is 0 Å². The van der Waals surface area contributed by atoms with Crippen molar-refractivity contribution in [2.24, 2.45) is 0 Å². The van der Waals surface area contributed by atoms with Crippen LogP contribution in [0.4, 0.5) is 5.69 Å². The summed E-state index contributed by atoms with van der Waals surface area (Å²) in [7, 11) is 0. The molecule has 0 atom stereocenters. The minimum atomic E-state index is -0.591. The van der Waals surface area contributed by atoms with E-state index < -0.39 is 18.4 Å². The Hall–Kier alpha value is -2.52. The second kappa shape index (κ2) is 11.2. The number of hydrogen-bond donors (Lipinski definition) is 4. The molecule has 0 saturated heterocycles. The van der Waals surface area contributed by atoms with Crippen LogP contribution in [0.3, 0.4) is 0 Å². The highest BCUT2D eigenvalue weighted by Gasteiger charge is 2.17. The molecular formula is C17H26ClN5O4. The van der Waals surface area contributed by atoms with E-state index in [1.165, 1.54) is 19.1 Å². The fourth-order valence-corrected chi connectivity index (χ4v) is 2.33. The number of nitrogens with two attached hydrogens (primary N) is 1. The van der Waals surface area contributed by atoms with Gasteiger partial charge in [-0.25, -0.2) is 0 Å². The van der Waals surface area contributed by atoms with Crippen LogP contribution in [0, 0.1) is 0 Å². The highest BCUT2D eigenvalue weighted by atomic mass is 35.5. The third kappa shape index (κ3) is 7.71. The van der Waals surface area contributed by atoms with Crippen molar-refractivity contribution >= 4 is 35.0 Å². The molecule has 0 spiro atoms. The van der Waals surface area contributed by atoms with Gasteiger partial charge in [0.2, 0.25) is 5.91 Å². The van der Waals surface area contributed by atoms with E-state index in [1.54, 1.807) is 0 Å². The van der Waals surface area contributed by atoms with Crippen LogP contribution in [0.5, 0.6) is 5.75 Å². The summed E-state index contributed by atoms with van der Waals surface area (Å²) in [5.74, 6) is -1.28. The predicted octanol–water partition coefficient (Wildman–Crippen LogP) is 0.540. The van der Waals surface area contributed by atoms with Gasteiger partial charge < -0.3 is 20.7 Å². The van der Waals surface area contributed by atoms with E-state index in [9.17, 15) is 14.4 Å². The number of hydrazine groups is 1. The molecule has 27 heavy (non-hydrogen) atoms. The van der Waals surface area contributed by atoms with Crippen LogP contribution in [-0.2, 0) is 9.59 Å². The van der Waals surface area contributed by atoms with Crippen molar-refractivity contribution < 1.29 is 19.1 Å². The lowest BCUT2D eigenvalue weighted by Crippen LogP contribution is -2.42. The molecule has 0 aromatic heterocycles. The number of benzene rings is 1. The minimum absolute atomic E-state index is 0.121. The van der Waals surface area contributed by atoms with Crippen LogP contribution in [-0.4, -0.2) is 55.4 Å². The molecule has 1 aromatic rings. The third-order valence-corrected chi connectivity index (χ3v) is 4.02. The maximum Gasteiger partial charge on any atom is 0.276 e. The van der Waals surface area contributed by atoms with Gasteiger partial charge in [-0.15, -0.1) is 0 Å². The van der Waals surface area contributed by atoms with Crippen LogP contribution >= 0.6 is 11.6 Å². The van der Waals surface area contributed by atoms with Gasteiger partial charge in [-0.05, 0) is 19.2 Å². The molecule has 0 unspecified atom stereocenters. The summed E-state index contributed by atoms with van der Waals surface area (Å²) >= 11 is 6.01. The Labute approximate surface area is 163 Å². The Morgan fingerprint density at radius 1 is 1.19 bits per heavy atom.